The Morgan fingerprint density at radius 1 is 1.41 bits per heavy atom. The molecule has 1 aromatic rings. The summed E-state index contributed by atoms with van der Waals surface area (Å²) in [6.07, 6.45) is 2.50. The molecule has 5 nitrogen and oxygen atoms in total. The van der Waals surface area contributed by atoms with Gasteiger partial charge < -0.3 is 19.9 Å². The van der Waals surface area contributed by atoms with Gasteiger partial charge in [0.05, 0.1) is 18.2 Å². The number of rotatable bonds is 10. The third-order valence-electron chi connectivity index (χ3n) is 3.27. The number of carboxylic acids is 1. The molecule has 6 heteroatoms. The lowest BCUT2D eigenvalue weighted by molar-refractivity contribution is -0.139. The highest BCUT2D eigenvalue weighted by atomic mass is 79.9. The molecule has 0 aliphatic heterocycles. The molecular formula is C16H24BrNO4. The fourth-order valence-corrected chi connectivity index (χ4v) is 2.73. The maximum absolute atomic E-state index is 11.2. The van der Waals surface area contributed by atoms with Gasteiger partial charge in [-0.05, 0) is 47.0 Å². The maximum atomic E-state index is 11.2. The fraction of sp³-hybridized carbons (Fsp3) is 0.562. The lowest BCUT2D eigenvalue weighted by atomic mass is 10.1. The summed E-state index contributed by atoms with van der Waals surface area (Å²) in [6, 6.07) is 3.25. The monoisotopic (exact) mass is 373 g/mol. The number of halogens is 1. The van der Waals surface area contributed by atoms with Crippen LogP contribution in [0.15, 0.2) is 16.6 Å². The average Bonchev–Trinajstić information content (AvgIpc) is 2.49. The van der Waals surface area contributed by atoms with Crippen LogP contribution in [0.4, 0.5) is 0 Å². The van der Waals surface area contributed by atoms with E-state index in [4.69, 9.17) is 9.47 Å². The van der Waals surface area contributed by atoms with Crippen molar-refractivity contribution in [1.82, 2.24) is 5.32 Å². The van der Waals surface area contributed by atoms with Gasteiger partial charge >= 0.3 is 5.97 Å². The van der Waals surface area contributed by atoms with Gasteiger partial charge in [0, 0.05) is 6.54 Å². The zero-order chi connectivity index (χ0) is 16.5. The van der Waals surface area contributed by atoms with Gasteiger partial charge in [-0.1, -0.05) is 19.8 Å². The van der Waals surface area contributed by atoms with Gasteiger partial charge in [0.25, 0.3) is 0 Å². The third-order valence-corrected chi connectivity index (χ3v) is 3.86. The van der Waals surface area contributed by atoms with E-state index in [1.807, 2.05) is 26.0 Å². The van der Waals surface area contributed by atoms with Crippen molar-refractivity contribution in [3.63, 3.8) is 0 Å². The first-order valence-electron chi connectivity index (χ1n) is 7.48. The van der Waals surface area contributed by atoms with Crippen molar-refractivity contribution < 1.29 is 19.4 Å². The molecule has 0 fully saturated rings. The van der Waals surface area contributed by atoms with Crippen LogP contribution in [-0.2, 0) is 11.3 Å². The van der Waals surface area contributed by atoms with Gasteiger partial charge in [-0.25, -0.2) is 0 Å². The highest BCUT2D eigenvalue weighted by Crippen LogP contribution is 2.36. The number of hydrogen-bond acceptors (Lipinski definition) is 4. The molecule has 1 aromatic carbocycles. The van der Waals surface area contributed by atoms with Gasteiger partial charge in [0.15, 0.2) is 11.5 Å². The first-order chi connectivity index (χ1) is 10.5. The Kier molecular flexibility index (Phi) is 8.27. The van der Waals surface area contributed by atoms with Crippen LogP contribution < -0.4 is 14.8 Å². The van der Waals surface area contributed by atoms with Crippen molar-refractivity contribution in [1.29, 1.82) is 0 Å². The molecule has 0 spiro atoms. The zero-order valence-electron chi connectivity index (χ0n) is 13.3. The molecule has 0 radical (unpaired) electrons. The minimum Gasteiger partial charge on any atom is -0.493 e. The number of unbranched alkanes of at least 4 members (excludes halogenated alkanes) is 1. The first-order valence-corrected chi connectivity index (χ1v) is 8.28. The van der Waals surface area contributed by atoms with Crippen molar-refractivity contribution in [2.75, 3.05) is 13.7 Å². The Bertz CT molecular complexity index is 493. The molecule has 0 aliphatic rings. The molecule has 1 unspecified atom stereocenters. The molecule has 0 amide bonds. The average molecular weight is 374 g/mol. The van der Waals surface area contributed by atoms with E-state index in [2.05, 4.69) is 21.2 Å². The molecule has 124 valence electrons. The predicted octanol–water partition coefficient (Wildman–Crippen LogP) is 3.59. The van der Waals surface area contributed by atoms with E-state index in [1.54, 1.807) is 7.11 Å². The highest BCUT2D eigenvalue weighted by molar-refractivity contribution is 9.10. The molecule has 1 atom stereocenters. The van der Waals surface area contributed by atoms with Crippen LogP contribution in [0.3, 0.4) is 0 Å². The minimum atomic E-state index is -0.814. The van der Waals surface area contributed by atoms with Gasteiger partial charge in [0.2, 0.25) is 0 Å². The molecule has 0 heterocycles. The number of carbonyl (C=O) groups is 1. The standard InChI is InChI=1S/C16H24BrNO4/c1-4-6-7-13(16(19)20)18-10-11-8-12(17)15(22-5-2)14(9-11)21-3/h8-9,13,18H,4-7,10H2,1-3H3,(H,19,20). The Morgan fingerprint density at radius 2 is 2.14 bits per heavy atom. The number of nitrogens with one attached hydrogen (secondary N) is 1. The summed E-state index contributed by atoms with van der Waals surface area (Å²) in [4.78, 5) is 11.2. The van der Waals surface area contributed by atoms with Gasteiger partial charge in [0.1, 0.15) is 6.04 Å². The summed E-state index contributed by atoms with van der Waals surface area (Å²) in [6.45, 7) is 4.96. The Hall–Kier alpha value is -1.27. The largest absolute Gasteiger partial charge is 0.493 e. The molecule has 0 aromatic heterocycles. The number of methoxy groups -OCH3 is 1. The van der Waals surface area contributed by atoms with Crippen LogP contribution in [-0.4, -0.2) is 30.8 Å². The Morgan fingerprint density at radius 3 is 2.68 bits per heavy atom. The van der Waals surface area contributed by atoms with Crippen LogP contribution in [0.25, 0.3) is 0 Å². The van der Waals surface area contributed by atoms with E-state index >= 15 is 0 Å². The second-order valence-corrected chi connectivity index (χ2v) is 5.81. The Labute approximate surface area is 140 Å². The van der Waals surface area contributed by atoms with E-state index in [0.29, 0.717) is 31.1 Å². The summed E-state index contributed by atoms with van der Waals surface area (Å²) < 4.78 is 11.7. The van der Waals surface area contributed by atoms with Crippen molar-refractivity contribution in [2.24, 2.45) is 0 Å². The molecule has 2 N–H and O–H groups in total. The van der Waals surface area contributed by atoms with Crippen LogP contribution >= 0.6 is 15.9 Å². The normalized spacial score (nSPS) is 12.0. The van der Waals surface area contributed by atoms with Crippen LogP contribution in [0.5, 0.6) is 11.5 Å². The first kappa shape index (κ1) is 18.8. The molecule has 0 saturated heterocycles. The van der Waals surface area contributed by atoms with Crippen LogP contribution in [0, 0.1) is 0 Å². The lowest BCUT2D eigenvalue weighted by Crippen LogP contribution is -2.36. The summed E-state index contributed by atoms with van der Waals surface area (Å²) in [5.41, 5.74) is 0.940. The summed E-state index contributed by atoms with van der Waals surface area (Å²) in [5, 5.41) is 12.3. The van der Waals surface area contributed by atoms with Crippen LogP contribution in [0.1, 0.15) is 38.7 Å². The van der Waals surface area contributed by atoms with Gasteiger partial charge in [-0.3, -0.25) is 4.79 Å². The zero-order valence-corrected chi connectivity index (χ0v) is 14.9. The lowest BCUT2D eigenvalue weighted by Gasteiger charge is -2.16. The molecule has 22 heavy (non-hydrogen) atoms. The molecule has 1 rings (SSSR count). The second-order valence-electron chi connectivity index (χ2n) is 4.96. The van der Waals surface area contributed by atoms with E-state index in [9.17, 15) is 9.90 Å². The van der Waals surface area contributed by atoms with Crippen molar-refractivity contribution in [3.8, 4) is 11.5 Å². The third kappa shape index (κ3) is 5.50. The van der Waals surface area contributed by atoms with Gasteiger partial charge in [-0.2, -0.15) is 0 Å². The molecule has 0 aliphatic carbocycles. The summed E-state index contributed by atoms with van der Waals surface area (Å²) in [5.74, 6) is 0.480. The number of aliphatic carboxylic acids is 1. The number of ether oxygens (including phenoxy) is 2. The minimum absolute atomic E-state index is 0.460. The summed E-state index contributed by atoms with van der Waals surface area (Å²) in [7, 11) is 1.59. The topological polar surface area (TPSA) is 67.8 Å². The smallest absolute Gasteiger partial charge is 0.320 e. The summed E-state index contributed by atoms with van der Waals surface area (Å²) >= 11 is 3.47. The molecular weight excluding hydrogens is 350 g/mol. The van der Waals surface area contributed by atoms with Gasteiger partial charge in [-0.15, -0.1) is 0 Å². The van der Waals surface area contributed by atoms with E-state index < -0.39 is 12.0 Å². The number of benzene rings is 1. The van der Waals surface area contributed by atoms with E-state index in [0.717, 1.165) is 22.9 Å². The number of hydrogen-bond donors (Lipinski definition) is 2. The Balaban J connectivity index is 2.80. The van der Waals surface area contributed by atoms with E-state index in [1.165, 1.54) is 0 Å². The van der Waals surface area contributed by atoms with Crippen molar-refractivity contribution in [3.05, 3.63) is 22.2 Å². The highest BCUT2D eigenvalue weighted by Gasteiger charge is 2.17. The maximum Gasteiger partial charge on any atom is 0.320 e. The van der Waals surface area contributed by atoms with Crippen molar-refractivity contribution >= 4 is 21.9 Å². The van der Waals surface area contributed by atoms with Crippen molar-refractivity contribution in [2.45, 2.75) is 45.7 Å². The molecule has 0 bridgehead atoms. The van der Waals surface area contributed by atoms with Crippen LogP contribution in [0.2, 0.25) is 0 Å². The molecule has 0 saturated carbocycles. The quantitative estimate of drug-likeness (QED) is 0.655. The SMILES string of the molecule is CCCCC(NCc1cc(Br)c(OCC)c(OC)c1)C(=O)O. The fourth-order valence-electron chi connectivity index (χ4n) is 2.12. The number of carboxylic acid groups (broad SMARTS) is 1. The van der Waals surface area contributed by atoms with E-state index in [-0.39, 0.29) is 0 Å². The second kappa shape index (κ2) is 9.69. The predicted molar refractivity (Wildman–Crippen MR) is 89.7 cm³/mol.